The van der Waals surface area contributed by atoms with Crippen LogP contribution in [0.25, 0.3) is 0 Å². The summed E-state index contributed by atoms with van der Waals surface area (Å²) in [5.41, 5.74) is 1.04. The van der Waals surface area contributed by atoms with Crippen molar-refractivity contribution in [1.82, 2.24) is 15.6 Å². The summed E-state index contributed by atoms with van der Waals surface area (Å²) in [4.78, 5) is 15.9. The van der Waals surface area contributed by atoms with Gasteiger partial charge in [-0.15, -0.1) is 0 Å². The Hall–Kier alpha value is -1.62. The number of hydrogen-bond acceptors (Lipinski definition) is 3. The molecule has 3 atom stereocenters. The van der Waals surface area contributed by atoms with Gasteiger partial charge in [-0.25, -0.2) is 4.79 Å². The number of aliphatic hydroxyl groups excluding tert-OH is 1. The summed E-state index contributed by atoms with van der Waals surface area (Å²) >= 11 is 0. The van der Waals surface area contributed by atoms with E-state index in [1.54, 1.807) is 12.4 Å². The Kier molecular flexibility index (Phi) is 6.29. The third-order valence-electron chi connectivity index (χ3n) is 3.32. The van der Waals surface area contributed by atoms with Crippen LogP contribution in [-0.2, 0) is 0 Å². The zero-order valence-corrected chi connectivity index (χ0v) is 11.8. The Bertz CT molecular complexity index is 384. The predicted molar refractivity (Wildman–Crippen MR) is 74.6 cm³/mol. The molecule has 0 fully saturated rings. The van der Waals surface area contributed by atoms with Crippen molar-refractivity contribution in [1.29, 1.82) is 0 Å². The average molecular weight is 265 g/mol. The van der Waals surface area contributed by atoms with Gasteiger partial charge >= 0.3 is 6.03 Å². The molecule has 0 saturated heterocycles. The van der Waals surface area contributed by atoms with Gasteiger partial charge in [-0.2, -0.15) is 0 Å². The third-order valence-corrected chi connectivity index (χ3v) is 3.32. The number of hydrogen-bond donors (Lipinski definition) is 3. The monoisotopic (exact) mass is 265 g/mol. The topological polar surface area (TPSA) is 74.2 Å². The lowest BCUT2D eigenvalue weighted by Crippen LogP contribution is -2.45. The van der Waals surface area contributed by atoms with Crippen LogP contribution in [0.5, 0.6) is 0 Å². The number of carbonyl (C=O) groups excluding carboxylic acids is 1. The summed E-state index contributed by atoms with van der Waals surface area (Å²) in [6.07, 6.45) is 4.24. The van der Waals surface area contributed by atoms with E-state index in [2.05, 4.69) is 15.6 Å². The molecule has 1 rings (SSSR count). The average Bonchev–Trinajstić information content (AvgIpc) is 2.44. The zero-order chi connectivity index (χ0) is 14.3. The van der Waals surface area contributed by atoms with Gasteiger partial charge < -0.3 is 15.7 Å². The second-order valence-electron chi connectivity index (χ2n) is 4.81. The maximum atomic E-state index is 11.9. The van der Waals surface area contributed by atoms with Gasteiger partial charge in [-0.05, 0) is 37.0 Å². The maximum Gasteiger partial charge on any atom is 0.315 e. The highest BCUT2D eigenvalue weighted by molar-refractivity contribution is 5.74. The Morgan fingerprint density at radius 1 is 1.32 bits per heavy atom. The van der Waals surface area contributed by atoms with E-state index in [9.17, 15) is 4.79 Å². The Balaban J connectivity index is 2.55. The number of pyridine rings is 1. The summed E-state index contributed by atoms with van der Waals surface area (Å²) in [6, 6.07) is 3.48. The highest BCUT2D eigenvalue weighted by Crippen LogP contribution is 2.15. The number of urea groups is 1. The van der Waals surface area contributed by atoms with Crippen molar-refractivity contribution in [2.75, 3.05) is 6.61 Å². The molecule has 0 aromatic carbocycles. The normalized spacial score (nSPS) is 15.4. The number of rotatable bonds is 6. The standard InChI is InChI=1S/C14H23N3O2/c1-4-13(12-5-7-15-8-6-12)17-14(19)16-11(3)10(2)9-18/h5-8,10-11,13,18H,4,9H2,1-3H3,(H2,16,17,19)/t10-,11-,13+/m1/s1. The lowest BCUT2D eigenvalue weighted by Gasteiger charge is -2.22. The molecule has 0 bridgehead atoms. The fourth-order valence-corrected chi connectivity index (χ4v) is 1.72. The fraction of sp³-hybridized carbons (Fsp3) is 0.571. The first-order valence-electron chi connectivity index (χ1n) is 6.66. The molecular weight excluding hydrogens is 242 g/mol. The second-order valence-corrected chi connectivity index (χ2v) is 4.81. The number of amides is 2. The number of aromatic nitrogens is 1. The summed E-state index contributed by atoms with van der Waals surface area (Å²) in [5, 5.41) is 14.8. The van der Waals surface area contributed by atoms with E-state index >= 15 is 0 Å². The van der Waals surface area contributed by atoms with Crippen LogP contribution >= 0.6 is 0 Å². The van der Waals surface area contributed by atoms with Crippen molar-refractivity contribution >= 4 is 6.03 Å². The molecule has 0 saturated carbocycles. The van der Waals surface area contributed by atoms with Gasteiger partial charge in [0.05, 0.1) is 6.04 Å². The van der Waals surface area contributed by atoms with E-state index in [0.717, 1.165) is 12.0 Å². The van der Waals surface area contributed by atoms with Crippen molar-refractivity contribution in [3.8, 4) is 0 Å². The molecule has 0 aliphatic heterocycles. The summed E-state index contributed by atoms with van der Waals surface area (Å²) in [7, 11) is 0. The smallest absolute Gasteiger partial charge is 0.315 e. The van der Waals surface area contributed by atoms with E-state index in [-0.39, 0.29) is 30.6 Å². The van der Waals surface area contributed by atoms with Gasteiger partial charge in [0.15, 0.2) is 0 Å². The van der Waals surface area contributed by atoms with Gasteiger partial charge in [-0.3, -0.25) is 4.98 Å². The summed E-state index contributed by atoms with van der Waals surface area (Å²) in [5.74, 6) is 0.0340. The first kappa shape index (κ1) is 15.4. The first-order chi connectivity index (χ1) is 9.08. The molecule has 0 radical (unpaired) electrons. The van der Waals surface area contributed by atoms with Crippen LogP contribution in [0.15, 0.2) is 24.5 Å². The Morgan fingerprint density at radius 2 is 1.95 bits per heavy atom. The molecule has 3 N–H and O–H groups in total. The third kappa shape index (κ3) is 4.87. The van der Waals surface area contributed by atoms with E-state index in [4.69, 9.17) is 5.11 Å². The largest absolute Gasteiger partial charge is 0.396 e. The van der Waals surface area contributed by atoms with Crippen LogP contribution in [-0.4, -0.2) is 28.8 Å². The van der Waals surface area contributed by atoms with Crippen LogP contribution < -0.4 is 10.6 Å². The molecular formula is C14H23N3O2. The van der Waals surface area contributed by atoms with Gasteiger partial charge in [0.25, 0.3) is 0 Å². The molecule has 2 amide bonds. The van der Waals surface area contributed by atoms with E-state index in [0.29, 0.717) is 0 Å². The van der Waals surface area contributed by atoms with Crippen molar-refractivity contribution in [2.24, 2.45) is 5.92 Å². The molecule has 1 aromatic rings. The highest BCUT2D eigenvalue weighted by Gasteiger charge is 2.16. The Labute approximate surface area is 114 Å². The minimum absolute atomic E-state index is 0.0281. The molecule has 0 aliphatic carbocycles. The first-order valence-corrected chi connectivity index (χ1v) is 6.66. The van der Waals surface area contributed by atoms with Crippen molar-refractivity contribution in [3.05, 3.63) is 30.1 Å². The molecule has 106 valence electrons. The number of aliphatic hydroxyl groups is 1. The number of carbonyl (C=O) groups is 1. The van der Waals surface area contributed by atoms with Crippen LogP contribution in [0, 0.1) is 5.92 Å². The molecule has 1 aromatic heterocycles. The van der Waals surface area contributed by atoms with Crippen molar-refractivity contribution in [2.45, 2.75) is 39.3 Å². The quantitative estimate of drug-likeness (QED) is 0.735. The highest BCUT2D eigenvalue weighted by atomic mass is 16.3. The van der Waals surface area contributed by atoms with E-state index < -0.39 is 0 Å². The molecule has 1 heterocycles. The van der Waals surface area contributed by atoms with Crippen LogP contribution in [0.4, 0.5) is 4.79 Å². The Morgan fingerprint density at radius 3 is 2.47 bits per heavy atom. The fourth-order valence-electron chi connectivity index (χ4n) is 1.72. The maximum absolute atomic E-state index is 11.9. The lowest BCUT2D eigenvalue weighted by molar-refractivity contribution is 0.199. The van der Waals surface area contributed by atoms with E-state index in [1.165, 1.54) is 0 Å². The van der Waals surface area contributed by atoms with Gasteiger partial charge in [-0.1, -0.05) is 13.8 Å². The van der Waals surface area contributed by atoms with Gasteiger partial charge in [0.1, 0.15) is 0 Å². The molecule has 5 nitrogen and oxygen atoms in total. The summed E-state index contributed by atoms with van der Waals surface area (Å²) < 4.78 is 0. The second kappa shape index (κ2) is 7.74. The van der Waals surface area contributed by atoms with Crippen molar-refractivity contribution < 1.29 is 9.90 Å². The van der Waals surface area contributed by atoms with Crippen molar-refractivity contribution in [3.63, 3.8) is 0 Å². The minimum atomic E-state index is -0.212. The molecule has 0 unspecified atom stereocenters. The zero-order valence-electron chi connectivity index (χ0n) is 11.8. The SMILES string of the molecule is CC[C@H](NC(=O)N[C@H](C)[C@H](C)CO)c1ccncc1. The summed E-state index contributed by atoms with van der Waals surface area (Å²) in [6.45, 7) is 5.85. The minimum Gasteiger partial charge on any atom is -0.396 e. The molecule has 0 aliphatic rings. The van der Waals surface area contributed by atoms with Crippen LogP contribution in [0.1, 0.15) is 38.8 Å². The van der Waals surface area contributed by atoms with E-state index in [1.807, 2.05) is 32.9 Å². The molecule has 19 heavy (non-hydrogen) atoms. The van der Waals surface area contributed by atoms with Crippen LogP contribution in [0.2, 0.25) is 0 Å². The number of nitrogens with one attached hydrogen (secondary N) is 2. The van der Waals surface area contributed by atoms with Gasteiger partial charge in [0, 0.05) is 25.0 Å². The number of nitrogens with zero attached hydrogens (tertiary/aromatic N) is 1. The van der Waals surface area contributed by atoms with Gasteiger partial charge in [0.2, 0.25) is 0 Å². The molecule has 5 heteroatoms. The lowest BCUT2D eigenvalue weighted by atomic mass is 10.1. The van der Waals surface area contributed by atoms with Crippen LogP contribution in [0.3, 0.4) is 0 Å². The predicted octanol–water partition coefficient (Wildman–Crippen LogP) is 1.85. The molecule has 0 spiro atoms.